The summed E-state index contributed by atoms with van der Waals surface area (Å²) in [4.78, 5) is 2.51. The second-order valence-corrected chi connectivity index (χ2v) is 13.9. The third kappa shape index (κ3) is 2.50. The fourth-order valence-corrected chi connectivity index (χ4v) is 10.9. The zero-order valence-corrected chi connectivity index (χ0v) is 21.6. The molecule has 0 saturated heterocycles. The van der Waals surface area contributed by atoms with E-state index in [-0.39, 0.29) is 0 Å². The summed E-state index contributed by atoms with van der Waals surface area (Å²) in [5.74, 6) is 2.29. The highest BCUT2D eigenvalue weighted by Gasteiger charge is 2.81. The highest BCUT2D eigenvalue weighted by molar-refractivity contribution is 5.37. The summed E-state index contributed by atoms with van der Waals surface area (Å²) in [6.07, 6.45) is 15.5. The SMILES string of the molecule is C=C(C)N[C@@H](C)[C@H]1CC[C@@]2(C)[C@@H]3C=C[C@@H]4C(C)(C)[C@H](N(C)C)CC[C@]45C[C@]35CC[C@]12C. The molecule has 174 valence electrons. The molecule has 0 heterocycles. The van der Waals surface area contributed by atoms with Gasteiger partial charge in [-0.15, -0.1) is 0 Å². The van der Waals surface area contributed by atoms with E-state index in [0.717, 1.165) is 23.5 Å². The second kappa shape index (κ2) is 6.43. The summed E-state index contributed by atoms with van der Waals surface area (Å²) in [7, 11) is 4.60. The molecule has 0 amide bonds. The first-order chi connectivity index (χ1) is 14.4. The Hall–Kier alpha value is -0.760. The average molecular weight is 425 g/mol. The zero-order chi connectivity index (χ0) is 22.6. The first kappa shape index (κ1) is 22.1. The van der Waals surface area contributed by atoms with Gasteiger partial charge in [-0.1, -0.05) is 46.4 Å². The third-order valence-electron chi connectivity index (χ3n) is 12.3. The number of fused-ring (bicyclic) bond motifs is 2. The molecule has 0 unspecified atom stereocenters. The smallest absolute Gasteiger partial charge is 0.0263 e. The van der Waals surface area contributed by atoms with Crippen LogP contribution in [-0.2, 0) is 0 Å². The standard InChI is InChI=1S/C29H48N2/c1-19(2)30-20(3)21-12-14-27(7)23-11-10-22-25(4,5)24(31(8)9)13-15-28(22)18-29(23,28)17-16-26(21,27)6/h10-11,20-24,30H,1,12-18H2,2-9H3/t20-,21+,22+,23-,24+,26+,27-,28-,29+/m0/s1. The molecule has 4 saturated carbocycles. The van der Waals surface area contributed by atoms with Crippen LogP contribution < -0.4 is 5.32 Å². The van der Waals surface area contributed by atoms with Crippen LogP contribution in [0, 0.1) is 44.8 Å². The Labute approximate surface area is 192 Å². The van der Waals surface area contributed by atoms with E-state index in [0.29, 0.717) is 39.2 Å². The topological polar surface area (TPSA) is 15.3 Å². The Kier molecular flexibility index (Phi) is 4.57. The van der Waals surface area contributed by atoms with Crippen molar-refractivity contribution in [1.82, 2.24) is 10.2 Å². The summed E-state index contributed by atoms with van der Waals surface area (Å²) in [6.45, 7) is 19.2. The molecule has 0 aromatic heterocycles. The molecule has 2 heteroatoms. The Morgan fingerprint density at radius 1 is 0.935 bits per heavy atom. The van der Waals surface area contributed by atoms with Gasteiger partial charge in [0.15, 0.2) is 0 Å². The van der Waals surface area contributed by atoms with Crippen LogP contribution >= 0.6 is 0 Å². The van der Waals surface area contributed by atoms with E-state index in [9.17, 15) is 0 Å². The van der Waals surface area contributed by atoms with Crippen molar-refractivity contribution < 1.29 is 0 Å². The molecule has 0 aliphatic heterocycles. The van der Waals surface area contributed by atoms with Crippen molar-refractivity contribution in [3.8, 4) is 0 Å². The molecule has 0 bridgehead atoms. The van der Waals surface area contributed by atoms with Crippen molar-refractivity contribution >= 4 is 0 Å². The van der Waals surface area contributed by atoms with Gasteiger partial charge in [-0.25, -0.2) is 0 Å². The number of hydrogen-bond donors (Lipinski definition) is 1. The summed E-state index contributed by atoms with van der Waals surface area (Å²) >= 11 is 0. The van der Waals surface area contributed by atoms with Crippen LogP contribution in [-0.4, -0.2) is 31.1 Å². The number of nitrogens with one attached hydrogen (secondary N) is 1. The van der Waals surface area contributed by atoms with Crippen LogP contribution in [0.5, 0.6) is 0 Å². The van der Waals surface area contributed by atoms with Gasteiger partial charge in [0.1, 0.15) is 0 Å². The van der Waals surface area contributed by atoms with Gasteiger partial charge in [0.25, 0.3) is 0 Å². The van der Waals surface area contributed by atoms with Gasteiger partial charge in [0.2, 0.25) is 0 Å². The van der Waals surface area contributed by atoms with Gasteiger partial charge in [-0.05, 0) is 118 Å². The molecule has 2 spiro atoms. The van der Waals surface area contributed by atoms with Gasteiger partial charge in [0, 0.05) is 17.8 Å². The number of rotatable bonds is 4. The third-order valence-corrected chi connectivity index (χ3v) is 12.3. The lowest BCUT2D eigenvalue weighted by Crippen LogP contribution is -2.58. The predicted octanol–water partition coefficient (Wildman–Crippen LogP) is 6.64. The van der Waals surface area contributed by atoms with Crippen molar-refractivity contribution in [2.24, 2.45) is 44.8 Å². The summed E-state index contributed by atoms with van der Waals surface area (Å²) < 4.78 is 0. The van der Waals surface area contributed by atoms with Gasteiger partial charge in [-0.3, -0.25) is 0 Å². The zero-order valence-electron chi connectivity index (χ0n) is 21.6. The minimum atomic E-state index is 0.368. The molecule has 0 aromatic carbocycles. The van der Waals surface area contributed by atoms with E-state index < -0.39 is 0 Å². The summed E-state index contributed by atoms with van der Waals surface area (Å²) in [6, 6.07) is 1.23. The van der Waals surface area contributed by atoms with Crippen LogP contribution in [0.25, 0.3) is 0 Å². The quantitative estimate of drug-likeness (QED) is 0.509. The minimum Gasteiger partial charge on any atom is -0.386 e. The molecule has 2 nitrogen and oxygen atoms in total. The fraction of sp³-hybridized carbons (Fsp3) is 0.862. The lowest BCUT2D eigenvalue weighted by atomic mass is 9.43. The van der Waals surface area contributed by atoms with Gasteiger partial charge < -0.3 is 10.2 Å². The largest absolute Gasteiger partial charge is 0.386 e. The molecule has 31 heavy (non-hydrogen) atoms. The number of hydrogen-bond acceptors (Lipinski definition) is 2. The van der Waals surface area contributed by atoms with E-state index in [1.54, 1.807) is 0 Å². The first-order valence-corrected chi connectivity index (χ1v) is 13.1. The minimum absolute atomic E-state index is 0.368. The van der Waals surface area contributed by atoms with Gasteiger partial charge in [0.05, 0.1) is 0 Å². The molecule has 5 aliphatic carbocycles. The highest BCUT2D eigenvalue weighted by Crippen LogP contribution is 2.87. The van der Waals surface area contributed by atoms with Crippen LogP contribution in [0.2, 0.25) is 0 Å². The van der Waals surface area contributed by atoms with E-state index in [1.807, 2.05) is 0 Å². The number of nitrogens with zero attached hydrogens (tertiary/aromatic N) is 1. The fourth-order valence-electron chi connectivity index (χ4n) is 10.9. The van der Waals surface area contributed by atoms with Crippen molar-refractivity contribution in [3.05, 3.63) is 24.4 Å². The normalized spacial score (nSPS) is 52.5. The molecule has 4 fully saturated rings. The summed E-state index contributed by atoms with van der Waals surface area (Å²) in [5.41, 5.74) is 3.54. The lowest BCUT2D eigenvalue weighted by Gasteiger charge is -2.62. The molecule has 5 aliphatic rings. The average Bonchev–Trinajstić information content (AvgIpc) is 3.22. The molecule has 9 atom stereocenters. The maximum atomic E-state index is 4.14. The second-order valence-electron chi connectivity index (χ2n) is 13.9. The summed E-state index contributed by atoms with van der Waals surface area (Å²) in [5, 5.41) is 3.71. The number of allylic oxidation sites excluding steroid dienone is 3. The van der Waals surface area contributed by atoms with Crippen molar-refractivity contribution in [2.45, 2.75) is 98.6 Å². The molecular formula is C29H48N2. The van der Waals surface area contributed by atoms with Crippen molar-refractivity contribution in [2.75, 3.05) is 14.1 Å². The predicted molar refractivity (Wildman–Crippen MR) is 132 cm³/mol. The molecule has 1 N–H and O–H groups in total. The van der Waals surface area contributed by atoms with Crippen molar-refractivity contribution in [1.29, 1.82) is 0 Å². The van der Waals surface area contributed by atoms with Crippen LogP contribution in [0.3, 0.4) is 0 Å². The highest BCUT2D eigenvalue weighted by atomic mass is 15.1. The van der Waals surface area contributed by atoms with E-state index in [1.165, 1.54) is 44.9 Å². The van der Waals surface area contributed by atoms with E-state index in [2.05, 4.69) is 84.6 Å². The van der Waals surface area contributed by atoms with Gasteiger partial charge in [-0.2, -0.15) is 0 Å². The van der Waals surface area contributed by atoms with E-state index in [4.69, 9.17) is 0 Å². The van der Waals surface area contributed by atoms with Crippen LogP contribution in [0.1, 0.15) is 86.5 Å². The molecule has 0 aromatic rings. The first-order valence-electron chi connectivity index (χ1n) is 13.1. The Balaban J connectivity index is 1.50. The van der Waals surface area contributed by atoms with Crippen molar-refractivity contribution in [3.63, 3.8) is 0 Å². The maximum Gasteiger partial charge on any atom is 0.0263 e. The Morgan fingerprint density at radius 2 is 1.58 bits per heavy atom. The monoisotopic (exact) mass is 424 g/mol. The lowest BCUT2D eigenvalue weighted by molar-refractivity contribution is -0.104. The molecule has 5 rings (SSSR count). The van der Waals surface area contributed by atoms with E-state index >= 15 is 0 Å². The van der Waals surface area contributed by atoms with Gasteiger partial charge >= 0.3 is 0 Å². The van der Waals surface area contributed by atoms with Crippen LogP contribution in [0.4, 0.5) is 0 Å². The maximum absolute atomic E-state index is 4.14. The molecule has 0 radical (unpaired) electrons. The molecular weight excluding hydrogens is 376 g/mol. The van der Waals surface area contributed by atoms with Crippen LogP contribution in [0.15, 0.2) is 24.4 Å². The Bertz CT molecular complexity index is 810. The Morgan fingerprint density at radius 3 is 2.23 bits per heavy atom.